The minimum atomic E-state index is -0.492. The fourth-order valence-electron chi connectivity index (χ4n) is 2.27. The minimum Gasteiger partial charge on any atom is -0.386 e. The van der Waals surface area contributed by atoms with E-state index in [4.69, 9.17) is 4.74 Å². The zero-order valence-corrected chi connectivity index (χ0v) is 10.9. The number of rotatable bonds is 5. The Kier molecular flexibility index (Phi) is 3.85. The summed E-state index contributed by atoms with van der Waals surface area (Å²) in [7, 11) is 1.69. The van der Waals surface area contributed by atoms with Crippen LogP contribution in [0, 0.1) is 5.92 Å². The molecule has 0 spiro atoms. The van der Waals surface area contributed by atoms with Gasteiger partial charge in [-0.25, -0.2) is 0 Å². The van der Waals surface area contributed by atoms with Crippen molar-refractivity contribution in [2.24, 2.45) is 5.92 Å². The first-order valence-electron chi connectivity index (χ1n) is 6.44. The number of methoxy groups -OCH3 is 1. The van der Waals surface area contributed by atoms with Crippen molar-refractivity contribution >= 4 is 0 Å². The van der Waals surface area contributed by atoms with E-state index in [1.807, 2.05) is 12.1 Å². The molecule has 0 radical (unpaired) electrons. The van der Waals surface area contributed by atoms with Gasteiger partial charge in [0.1, 0.15) is 6.10 Å². The van der Waals surface area contributed by atoms with Crippen LogP contribution < -0.4 is 0 Å². The maximum atomic E-state index is 10.3. The van der Waals surface area contributed by atoms with Gasteiger partial charge in [0, 0.05) is 7.11 Å². The summed E-state index contributed by atoms with van der Waals surface area (Å²) in [4.78, 5) is 0. The number of benzene rings is 1. The van der Waals surface area contributed by atoms with Crippen LogP contribution in [-0.4, -0.2) is 18.3 Å². The maximum Gasteiger partial charge on any atom is 0.105 e. The number of hydrogen-bond donors (Lipinski definition) is 1. The van der Waals surface area contributed by atoms with Gasteiger partial charge in [-0.3, -0.25) is 0 Å². The zero-order valence-electron chi connectivity index (χ0n) is 10.9. The first-order valence-corrected chi connectivity index (χ1v) is 6.44. The van der Waals surface area contributed by atoms with Gasteiger partial charge >= 0.3 is 0 Å². The van der Waals surface area contributed by atoms with Crippen molar-refractivity contribution in [2.45, 2.75) is 44.8 Å². The quantitative estimate of drug-likeness (QED) is 0.847. The SMILES string of the molecule is COC(C1CC1)C(O)c1ccc(C(C)C)cc1. The van der Waals surface area contributed by atoms with Crippen molar-refractivity contribution in [3.63, 3.8) is 0 Å². The van der Waals surface area contributed by atoms with Gasteiger partial charge < -0.3 is 9.84 Å². The first kappa shape index (κ1) is 12.6. The Morgan fingerprint density at radius 1 is 1.12 bits per heavy atom. The Balaban J connectivity index is 2.10. The fourth-order valence-corrected chi connectivity index (χ4v) is 2.27. The topological polar surface area (TPSA) is 29.5 Å². The van der Waals surface area contributed by atoms with Crippen LogP contribution in [0.1, 0.15) is 49.8 Å². The first-order chi connectivity index (χ1) is 8.13. The molecule has 1 aliphatic rings. The predicted molar refractivity (Wildman–Crippen MR) is 69.0 cm³/mol. The van der Waals surface area contributed by atoms with Crippen molar-refractivity contribution in [2.75, 3.05) is 7.11 Å². The summed E-state index contributed by atoms with van der Waals surface area (Å²) >= 11 is 0. The molecule has 1 aromatic carbocycles. The minimum absolute atomic E-state index is 0.0418. The van der Waals surface area contributed by atoms with Crippen LogP contribution in [0.15, 0.2) is 24.3 Å². The van der Waals surface area contributed by atoms with Crippen LogP contribution in [0.5, 0.6) is 0 Å². The van der Waals surface area contributed by atoms with Crippen LogP contribution in [0.3, 0.4) is 0 Å². The normalized spacial score (nSPS) is 19.4. The molecule has 0 aromatic heterocycles. The predicted octanol–water partition coefficient (Wildman–Crippen LogP) is 3.27. The van der Waals surface area contributed by atoms with Gasteiger partial charge in [0.15, 0.2) is 0 Å². The summed E-state index contributed by atoms with van der Waals surface area (Å²) in [6, 6.07) is 8.24. The third-order valence-electron chi connectivity index (χ3n) is 3.61. The zero-order chi connectivity index (χ0) is 12.4. The Hall–Kier alpha value is -0.860. The second-order valence-corrected chi connectivity index (χ2v) is 5.30. The molecule has 1 N–H and O–H groups in total. The highest BCUT2D eigenvalue weighted by atomic mass is 16.5. The molecule has 1 aromatic rings. The molecule has 2 heteroatoms. The lowest BCUT2D eigenvalue weighted by molar-refractivity contribution is -0.0259. The summed E-state index contributed by atoms with van der Waals surface area (Å²) < 4.78 is 5.42. The lowest BCUT2D eigenvalue weighted by atomic mass is 9.97. The summed E-state index contributed by atoms with van der Waals surface area (Å²) in [6.07, 6.45) is 1.83. The Bertz CT molecular complexity index is 352. The third-order valence-corrected chi connectivity index (χ3v) is 3.61. The van der Waals surface area contributed by atoms with E-state index in [-0.39, 0.29) is 6.10 Å². The number of ether oxygens (including phenoxy) is 1. The van der Waals surface area contributed by atoms with Gasteiger partial charge in [0.25, 0.3) is 0 Å². The second-order valence-electron chi connectivity index (χ2n) is 5.30. The van der Waals surface area contributed by atoms with Gasteiger partial charge in [-0.15, -0.1) is 0 Å². The van der Waals surface area contributed by atoms with E-state index in [1.54, 1.807) is 7.11 Å². The van der Waals surface area contributed by atoms with Crippen molar-refractivity contribution in [1.29, 1.82) is 0 Å². The summed E-state index contributed by atoms with van der Waals surface area (Å²) in [5.74, 6) is 1.07. The van der Waals surface area contributed by atoms with Gasteiger partial charge in [-0.1, -0.05) is 38.1 Å². The van der Waals surface area contributed by atoms with E-state index in [2.05, 4.69) is 26.0 Å². The summed E-state index contributed by atoms with van der Waals surface area (Å²) in [6.45, 7) is 4.35. The lowest BCUT2D eigenvalue weighted by Gasteiger charge is -2.22. The molecule has 2 rings (SSSR count). The fraction of sp³-hybridized carbons (Fsp3) is 0.600. The van der Waals surface area contributed by atoms with E-state index in [1.165, 1.54) is 18.4 Å². The monoisotopic (exact) mass is 234 g/mol. The maximum absolute atomic E-state index is 10.3. The number of aliphatic hydroxyl groups is 1. The van der Waals surface area contributed by atoms with Crippen LogP contribution >= 0.6 is 0 Å². The van der Waals surface area contributed by atoms with Gasteiger partial charge in [-0.2, -0.15) is 0 Å². The Morgan fingerprint density at radius 2 is 1.65 bits per heavy atom. The summed E-state index contributed by atoms with van der Waals surface area (Å²) in [5, 5.41) is 10.3. The van der Waals surface area contributed by atoms with Crippen molar-refractivity contribution in [1.82, 2.24) is 0 Å². The molecule has 1 fully saturated rings. The molecule has 0 amide bonds. The highest BCUT2D eigenvalue weighted by Gasteiger charge is 2.36. The van der Waals surface area contributed by atoms with Crippen LogP contribution in [-0.2, 0) is 4.74 Å². The molecule has 2 unspecified atom stereocenters. The van der Waals surface area contributed by atoms with E-state index in [9.17, 15) is 5.11 Å². The third kappa shape index (κ3) is 2.88. The largest absolute Gasteiger partial charge is 0.386 e. The molecular weight excluding hydrogens is 212 g/mol. The Labute approximate surface area is 104 Å². The van der Waals surface area contributed by atoms with E-state index < -0.39 is 6.10 Å². The lowest BCUT2D eigenvalue weighted by Crippen LogP contribution is -2.23. The van der Waals surface area contributed by atoms with Gasteiger partial charge in [0.05, 0.1) is 6.10 Å². The highest BCUT2D eigenvalue weighted by molar-refractivity contribution is 5.27. The van der Waals surface area contributed by atoms with E-state index in [0.29, 0.717) is 11.8 Å². The molecule has 17 heavy (non-hydrogen) atoms. The van der Waals surface area contributed by atoms with Crippen LogP contribution in [0.25, 0.3) is 0 Å². The average molecular weight is 234 g/mol. The molecule has 1 saturated carbocycles. The molecule has 0 heterocycles. The van der Waals surface area contributed by atoms with Crippen molar-refractivity contribution in [3.05, 3.63) is 35.4 Å². The number of hydrogen-bond acceptors (Lipinski definition) is 2. The Morgan fingerprint density at radius 3 is 2.06 bits per heavy atom. The molecule has 2 nitrogen and oxygen atoms in total. The smallest absolute Gasteiger partial charge is 0.105 e. The van der Waals surface area contributed by atoms with Gasteiger partial charge in [-0.05, 0) is 35.8 Å². The van der Waals surface area contributed by atoms with Crippen molar-refractivity contribution < 1.29 is 9.84 Å². The second kappa shape index (κ2) is 5.19. The molecule has 94 valence electrons. The standard InChI is InChI=1S/C15H22O2/c1-10(2)11-4-6-12(7-5-11)14(16)15(17-3)13-8-9-13/h4-7,10,13-16H,8-9H2,1-3H3. The molecule has 0 saturated heterocycles. The molecule has 1 aliphatic carbocycles. The molecule has 2 atom stereocenters. The van der Waals surface area contributed by atoms with Crippen LogP contribution in [0.2, 0.25) is 0 Å². The average Bonchev–Trinajstić information content (AvgIpc) is 3.14. The van der Waals surface area contributed by atoms with Crippen LogP contribution in [0.4, 0.5) is 0 Å². The molecule has 0 bridgehead atoms. The van der Waals surface area contributed by atoms with E-state index >= 15 is 0 Å². The summed E-state index contributed by atoms with van der Waals surface area (Å²) in [5.41, 5.74) is 2.27. The van der Waals surface area contributed by atoms with Gasteiger partial charge in [0.2, 0.25) is 0 Å². The molecule has 0 aliphatic heterocycles. The van der Waals surface area contributed by atoms with Crippen molar-refractivity contribution in [3.8, 4) is 0 Å². The molecular formula is C15H22O2. The number of aliphatic hydroxyl groups excluding tert-OH is 1. The highest BCUT2D eigenvalue weighted by Crippen LogP contribution is 2.39. The van der Waals surface area contributed by atoms with E-state index in [0.717, 1.165) is 5.56 Å².